The Balaban J connectivity index is 1.11. The Hall–Kier alpha value is -7.62. The first-order valence-electron chi connectivity index (χ1n) is 19.7. The van der Waals surface area contributed by atoms with Gasteiger partial charge in [-0.1, -0.05) is 127 Å². The van der Waals surface area contributed by atoms with Crippen LogP contribution in [-0.4, -0.2) is 8.97 Å². The molecule has 0 saturated carbocycles. The van der Waals surface area contributed by atoms with Crippen LogP contribution in [0.2, 0.25) is 0 Å². The van der Waals surface area contributed by atoms with Crippen molar-refractivity contribution in [2.75, 3.05) is 4.90 Å². The van der Waals surface area contributed by atoms with E-state index in [9.17, 15) is 0 Å². The van der Waals surface area contributed by atoms with Crippen LogP contribution in [0.15, 0.2) is 200 Å². The molecule has 10 aromatic carbocycles. The fourth-order valence-electron chi connectivity index (χ4n) is 10.00. The Morgan fingerprint density at radius 2 is 0.667 bits per heavy atom. The molecule has 3 heterocycles. The van der Waals surface area contributed by atoms with E-state index in [0.717, 1.165) is 22.7 Å². The van der Waals surface area contributed by atoms with Gasteiger partial charge in [-0.3, -0.25) is 0 Å². The highest BCUT2D eigenvalue weighted by molar-refractivity contribution is 6.26. The number of hydrogen-bond acceptors (Lipinski definition) is 1. The highest BCUT2D eigenvalue weighted by Crippen LogP contribution is 2.45. The molecular weight excluding hydrogens is 691 g/mol. The molecule has 0 fully saturated rings. The number of para-hydroxylation sites is 4. The molecule has 0 radical (unpaired) electrons. The molecule has 13 rings (SSSR count). The van der Waals surface area contributed by atoms with Crippen molar-refractivity contribution in [3.05, 3.63) is 200 Å². The van der Waals surface area contributed by atoms with Gasteiger partial charge in [0.05, 0.1) is 27.6 Å². The lowest BCUT2D eigenvalue weighted by atomic mass is 9.94. The molecule has 0 saturated heterocycles. The Labute approximate surface area is 327 Å². The van der Waals surface area contributed by atoms with Crippen LogP contribution in [0.25, 0.3) is 97.9 Å². The molecule has 0 atom stereocenters. The second kappa shape index (κ2) is 11.5. The van der Waals surface area contributed by atoms with E-state index in [1.165, 1.54) is 92.2 Å². The molecule has 13 aromatic rings. The molecule has 0 spiro atoms. The molecule has 3 heteroatoms. The van der Waals surface area contributed by atoms with Gasteiger partial charge in [0.2, 0.25) is 0 Å². The van der Waals surface area contributed by atoms with Gasteiger partial charge in [0, 0.05) is 55.1 Å². The zero-order valence-corrected chi connectivity index (χ0v) is 30.9. The van der Waals surface area contributed by atoms with E-state index in [0.29, 0.717) is 0 Å². The topological polar surface area (TPSA) is 12.6 Å². The predicted octanol–water partition coefficient (Wildman–Crippen LogP) is 14.9. The third-order valence-corrected chi connectivity index (χ3v) is 12.4. The standard InChI is InChI=1S/C54H33N3/c1-2-13-34(14-3-1)56-50-23-10-9-20-44(50)48-32-36(26-29-52(48)56)55(35-25-28-42-40-17-5-4-15-38(40)39-16-6-7-18-41(39)47(42)31-35)37-27-30-53-49(33-37)46-22-12-21-45-43-19-8-11-24-51(43)57(53)54(45)46/h1-33H. The first kappa shape index (κ1) is 30.7. The van der Waals surface area contributed by atoms with Gasteiger partial charge in [0.25, 0.3) is 0 Å². The fraction of sp³-hybridized carbons (Fsp3) is 0. The third-order valence-electron chi connectivity index (χ3n) is 12.4. The maximum atomic E-state index is 2.46. The monoisotopic (exact) mass is 723 g/mol. The highest BCUT2D eigenvalue weighted by Gasteiger charge is 2.22. The summed E-state index contributed by atoms with van der Waals surface area (Å²) in [6, 6.07) is 73.8. The normalized spacial score (nSPS) is 12.2. The first-order valence-corrected chi connectivity index (χ1v) is 19.7. The summed E-state index contributed by atoms with van der Waals surface area (Å²) in [5.74, 6) is 0. The molecular formula is C54H33N3. The molecule has 0 unspecified atom stereocenters. The van der Waals surface area contributed by atoms with Crippen LogP contribution in [0.3, 0.4) is 0 Å². The van der Waals surface area contributed by atoms with Crippen molar-refractivity contribution in [3.8, 4) is 5.69 Å². The average Bonchev–Trinajstić information content (AvgIpc) is 3.92. The van der Waals surface area contributed by atoms with E-state index in [-0.39, 0.29) is 0 Å². The number of hydrogen-bond donors (Lipinski definition) is 0. The minimum absolute atomic E-state index is 1.11. The van der Waals surface area contributed by atoms with E-state index < -0.39 is 0 Å². The predicted molar refractivity (Wildman–Crippen MR) is 243 cm³/mol. The summed E-state index contributed by atoms with van der Waals surface area (Å²) in [5, 5.41) is 15.2. The van der Waals surface area contributed by atoms with Gasteiger partial charge in [-0.05, 0) is 105 Å². The van der Waals surface area contributed by atoms with Gasteiger partial charge in [0.1, 0.15) is 0 Å². The first-order chi connectivity index (χ1) is 28.3. The van der Waals surface area contributed by atoms with Crippen LogP contribution >= 0.6 is 0 Å². The average molecular weight is 724 g/mol. The summed E-state index contributed by atoms with van der Waals surface area (Å²) < 4.78 is 4.85. The molecule has 0 amide bonds. The molecule has 0 aliphatic heterocycles. The minimum atomic E-state index is 1.11. The second-order valence-electron chi connectivity index (χ2n) is 15.3. The number of aromatic nitrogens is 2. The number of benzene rings is 10. The molecule has 57 heavy (non-hydrogen) atoms. The van der Waals surface area contributed by atoms with E-state index in [4.69, 9.17) is 0 Å². The van der Waals surface area contributed by atoms with E-state index in [1.54, 1.807) is 0 Å². The zero-order valence-electron chi connectivity index (χ0n) is 30.9. The number of anilines is 3. The van der Waals surface area contributed by atoms with Gasteiger partial charge in [-0.25, -0.2) is 0 Å². The van der Waals surface area contributed by atoms with Crippen LogP contribution in [0.1, 0.15) is 0 Å². The molecule has 3 aromatic heterocycles. The van der Waals surface area contributed by atoms with Crippen molar-refractivity contribution in [2.45, 2.75) is 0 Å². The Morgan fingerprint density at radius 3 is 1.33 bits per heavy atom. The zero-order chi connectivity index (χ0) is 37.2. The van der Waals surface area contributed by atoms with Crippen molar-refractivity contribution in [3.63, 3.8) is 0 Å². The van der Waals surface area contributed by atoms with Crippen molar-refractivity contribution in [1.29, 1.82) is 0 Å². The number of rotatable bonds is 4. The summed E-state index contributed by atoms with van der Waals surface area (Å²) in [4.78, 5) is 2.46. The smallest absolute Gasteiger partial charge is 0.0620 e. The summed E-state index contributed by atoms with van der Waals surface area (Å²) >= 11 is 0. The van der Waals surface area contributed by atoms with Crippen molar-refractivity contribution >= 4 is 109 Å². The lowest BCUT2D eigenvalue weighted by Crippen LogP contribution is -2.10. The highest BCUT2D eigenvalue weighted by atomic mass is 15.1. The second-order valence-corrected chi connectivity index (χ2v) is 15.3. The SMILES string of the molecule is c1ccc(-n2c3ccccc3c3cc(N(c4ccc5c6ccccc6c6ccccc6c5c4)c4ccc5c(c4)c4cccc6c7ccccc7n5c64)ccc32)cc1. The van der Waals surface area contributed by atoms with E-state index in [2.05, 4.69) is 214 Å². The Morgan fingerprint density at radius 1 is 0.263 bits per heavy atom. The molecule has 3 nitrogen and oxygen atoms in total. The minimum Gasteiger partial charge on any atom is -0.310 e. The number of fused-ring (bicyclic) bond motifs is 15. The van der Waals surface area contributed by atoms with Crippen LogP contribution in [0, 0.1) is 0 Å². The molecule has 264 valence electrons. The summed E-state index contributed by atoms with van der Waals surface area (Å²) in [7, 11) is 0. The van der Waals surface area contributed by atoms with Crippen molar-refractivity contribution in [2.24, 2.45) is 0 Å². The number of nitrogens with zero attached hydrogens (tertiary/aromatic N) is 3. The molecule has 0 aliphatic rings. The quantitative estimate of drug-likeness (QED) is 0.165. The van der Waals surface area contributed by atoms with Gasteiger partial charge in [-0.2, -0.15) is 0 Å². The maximum Gasteiger partial charge on any atom is 0.0620 e. The Bertz CT molecular complexity index is 3720. The third kappa shape index (κ3) is 4.20. The lowest BCUT2D eigenvalue weighted by Gasteiger charge is -2.27. The fourth-order valence-corrected chi connectivity index (χ4v) is 10.00. The Kier molecular flexibility index (Phi) is 6.16. The lowest BCUT2D eigenvalue weighted by molar-refractivity contribution is 1.18. The molecule has 0 bridgehead atoms. The molecule has 0 N–H and O–H groups in total. The largest absolute Gasteiger partial charge is 0.310 e. The van der Waals surface area contributed by atoms with Crippen molar-refractivity contribution < 1.29 is 0 Å². The van der Waals surface area contributed by atoms with Crippen LogP contribution in [0.4, 0.5) is 17.1 Å². The van der Waals surface area contributed by atoms with Gasteiger partial charge in [-0.15, -0.1) is 0 Å². The van der Waals surface area contributed by atoms with Gasteiger partial charge < -0.3 is 13.9 Å². The van der Waals surface area contributed by atoms with Gasteiger partial charge >= 0.3 is 0 Å². The van der Waals surface area contributed by atoms with Crippen LogP contribution in [-0.2, 0) is 0 Å². The maximum absolute atomic E-state index is 2.46. The van der Waals surface area contributed by atoms with E-state index in [1.807, 2.05) is 0 Å². The summed E-state index contributed by atoms with van der Waals surface area (Å²) in [5.41, 5.74) is 10.7. The van der Waals surface area contributed by atoms with Crippen LogP contribution < -0.4 is 4.90 Å². The summed E-state index contributed by atoms with van der Waals surface area (Å²) in [6.45, 7) is 0. The van der Waals surface area contributed by atoms with E-state index >= 15 is 0 Å². The van der Waals surface area contributed by atoms with Crippen LogP contribution in [0.5, 0.6) is 0 Å². The van der Waals surface area contributed by atoms with Crippen molar-refractivity contribution in [1.82, 2.24) is 8.97 Å². The summed E-state index contributed by atoms with van der Waals surface area (Å²) in [6.07, 6.45) is 0. The molecule has 0 aliphatic carbocycles. The van der Waals surface area contributed by atoms with Gasteiger partial charge in [0.15, 0.2) is 0 Å².